The number of nitrogens with one attached hydrogen (secondary N) is 1. The maximum absolute atomic E-state index is 5.78. The van der Waals surface area contributed by atoms with E-state index >= 15 is 0 Å². The maximum atomic E-state index is 5.78. The van der Waals surface area contributed by atoms with Crippen LogP contribution >= 0.6 is 11.3 Å². The molecule has 0 aromatic carbocycles. The summed E-state index contributed by atoms with van der Waals surface area (Å²) in [5.41, 5.74) is 6.80. The average Bonchev–Trinajstić information content (AvgIpc) is 2.86. The number of nitrogen functional groups attached to an aromatic ring is 1. The van der Waals surface area contributed by atoms with Crippen molar-refractivity contribution in [2.24, 2.45) is 0 Å². The van der Waals surface area contributed by atoms with Gasteiger partial charge in [0, 0.05) is 24.2 Å². The zero-order valence-corrected chi connectivity index (χ0v) is 13.6. The van der Waals surface area contributed by atoms with Gasteiger partial charge < -0.3 is 16.0 Å². The number of aryl methyl sites for hydroxylation is 1. The molecule has 0 saturated carbocycles. The first-order valence-electron chi connectivity index (χ1n) is 6.98. The first-order chi connectivity index (χ1) is 10.0. The third-order valence-corrected chi connectivity index (χ3v) is 4.19. The van der Waals surface area contributed by atoms with Gasteiger partial charge in [-0.1, -0.05) is 0 Å². The third kappa shape index (κ3) is 3.78. The second kappa shape index (κ2) is 6.66. The summed E-state index contributed by atoms with van der Waals surface area (Å²) in [6.07, 6.45) is 0. The van der Waals surface area contributed by atoms with Gasteiger partial charge in [0.05, 0.1) is 6.04 Å². The lowest BCUT2D eigenvalue weighted by atomic mass is 10.3. The van der Waals surface area contributed by atoms with Crippen LogP contribution in [0, 0.1) is 6.92 Å². The number of rotatable bonds is 6. The molecule has 2 aromatic heterocycles. The molecule has 21 heavy (non-hydrogen) atoms. The summed E-state index contributed by atoms with van der Waals surface area (Å²) in [6, 6.07) is 0.0232. The number of thiazole rings is 1. The molecule has 0 aliphatic heterocycles. The smallest absolute Gasteiger partial charge is 0.231 e. The van der Waals surface area contributed by atoms with Crippen LogP contribution in [0.3, 0.4) is 0 Å². The molecule has 0 aliphatic carbocycles. The van der Waals surface area contributed by atoms with E-state index in [0.717, 1.165) is 23.8 Å². The van der Waals surface area contributed by atoms with Gasteiger partial charge in [0.2, 0.25) is 17.8 Å². The van der Waals surface area contributed by atoms with Crippen molar-refractivity contribution >= 4 is 29.2 Å². The Labute approximate surface area is 128 Å². The molecule has 8 heteroatoms. The summed E-state index contributed by atoms with van der Waals surface area (Å²) in [5, 5.41) is 6.26. The third-order valence-electron chi connectivity index (χ3n) is 3.04. The highest BCUT2D eigenvalue weighted by molar-refractivity contribution is 7.09. The van der Waals surface area contributed by atoms with Crippen molar-refractivity contribution in [3.05, 3.63) is 16.1 Å². The largest absolute Gasteiger partial charge is 0.368 e. The van der Waals surface area contributed by atoms with E-state index in [1.54, 1.807) is 11.3 Å². The summed E-state index contributed by atoms with van der Waals surface area (Å²) in [5.74, 6) is 1.29. The molecule has 1 atom stereocenters. The lowest BCUT2D eigenvalue weighted by Crippen LogP contribution is -2.25. The van der Waals surface area contributed by atoms with Gasteiger partial charge in [0.25, 0.3) is 0 Å². The van der Waals surface area contributed by atoms with E-state index < -0.39 is 0 Å². The quantitative estimate of drug-likeness (QED) is 0.845. The van der Waals surface area contributed by atoms with Crippen LogP contribution in [0.2, 0.25) is 0 Å². The van der Waals surface area contributed by atoms with Crippen molar-refractivity contribution in [2.45, 2.75) is 33.7 Å². The molecule has 3 N–H and O–H groups in total. The van der Waals surface area contributed by atoms with Crippen LogP contribution in [0.5, 0.6) is 0 Å². The lowest BCUT2D eigenvalue weighted by Gasteiger charge is -2.19. The summed E-state index contributed by atoms with van der Waals surface area (Å²) >= 11 is 1.61. The van der Waals surface area contributed by atoms with Gasteiger partial charge >= 0.3 is 0 Å². The van der Waals surface area contributed by atoms with E-state index in [2.05, 4.69) is 39.1 Å². The summed E-state index contributed by atoms with van der Waals surface area (Å²) < 4.78 is 0. The van der Waals surface area contributed by atoms with Gasteiger partial charge in [0.15, 0.2) is 0 Å². The Morgan fingerprint density at radius 2 is 1.95 bits per heavy atom. The van der Waals surface area contributed by atoms with Crippen LogP contribution in [0.4, 0.5) is 17.8 Å². The van der Waals surface area contributed by atoms with Crippen LogP contribution in [0.1, 0.15) is 37.5 Å². The molecule has 0 amide bonds. The zero-order valence-electron chi connectivity index (χ0n) is 12.8. The van der Waals surface area contributed by atoms with Crippen molar-refractivity contribution in [1.29, 1.82) is 0 Å². The summed E-state index contributed by atoms with van der Waals surface area (Å²) in [7, 11) is 0. The fourth-order valence-corrected chi connectivity index (χ4v) is 2.72. The minimum absolute atomic E-state index is 0.0232. The molecular weight excluding hydrogens is 286 g/mol. The molecule has 114 valence electrons. The number of anilines is 3. The van der Waals surface area contributed by atoms with Gasteiger partial charge in [-0.05, 0) is 27.7 Å². The van der Waals surface area contributed by atoms with Crippen molar-refractivity contribution in [3.8, 4) is 0 Å². The van der Waals surface area contributed by atoms with E-state index in [1.807, 2.05) is 24.1 Å². The molecule has 0 spiro atoms. The number of nitrogens with two attached hydrogens (primary N) is 1. The predicted octanol–water partition coefficient (Wildman–Crippen LogP) is 2.24. The van der Waals surface area contributed by atoms with Gasteiger partial charge in [0.1, 0.15) is 5.01 Å². The Morgan fingerprint density at radius 1 is 1.24 bits per heavy atom. The normalized spacial score (nSPS) is 12.2. The van der Waals surface area contributed by atoms with Crippen LogP contribution in [-0.4, -0.2) is 33.0 Å². The number of aromatic nitrogens is 4. The summed E-state index contributed by atoms with van der Waals surface area (Å²) in [4.78, 5) is 19.3. The van der Waals surface area contributed by atoms with Gasteiger partial charge in [-0.15, -0.1) is 11.3 Å². The fourth-order valence-electron chi connectivity index (χ4n) is 1.92. The lowest BCUT2D eigenvalue weighted by molar-refractivity contribution is 0.799. The first-order valence-corrected chi connectivity index (χ1v) is 7.86. The van der Waals surface area contributed by atoms with Crippen LogP contribution < -0.4 is 16.0 Å². The van der Waals surface area contributed by atoms with E-state index in [1.165, 1.54) is 0 Å². The Balaban J connectivity index is 2.19. The minimum atomic E-state index is 0.0232. The van der Waals surface area contributed by atoms with Crippen molar-refractivity contribution < 1.29 is 0 Å². The highest BCUT2D eigenvalue weighted by Crippen LogP contribution is 2.21. The van der Waals surface area contributed by atoms with Crippen molar-refractivity contribution in [1.82, 2.24) is 19.9 Å². The monoisotopic (exact) mass is 307 g/mol. The maximum Gasteiger partial charge on any atom is 0.231 e. The highest BCUT2D eigenvalue weighted by atomic mass is 32.1. The Bertz CT molecular complexity index is 594. The predicted molar refractivity (Wildman–Crippen MR) is 86.7 cm³/mol. The van der Waals surface area contributed by atoms with Crippen molar-refractivity contribution in [3.63, 3.8) is 0 Å². The number of hydrogen-bond donors (Lipinski definition) is 2. The Kier molecular flexibility index (Phi) is 4.89. The molecule has 7 nitrogen and oxygen atoms in total. The second-order valence-corrected chi connectivity index (χ2v) is 5.57. The topological polar surface area (TPSA) is 92.9 Å². The molecule has 2 aromatic rings. The number of nitrogens with zero attached hydrogens (tertiary/aromatic N) is 5. The first kappa shape index (κ1) is 15.4. The fraction of sp³-hybridized carbons (Fsp3) is 0.538. The minimum Gasteiger partial charge on any atom is -0.368 e. The SMILES string of the molecule is CCN(CC)c1nc(N)nc(NC(C)c2nc(C)cs2)n1. The molecule has 0 radical (unpaired) electrons. The second-order valence-electron chi connectivity index (χ2n) is 4.68. The molecule has 0 bridgehead atoms. The standard InChI is InChI=1S/C13H21N7S/c1-5-20(6-2)13-18-11(14)17-12(19-13)16-9(4)10-15-8(3)7-21-10/h7,9H,5-6H2,1-4H3,(H3,14,16,17,18,19). The molecule has 0 saturated heterocycles. The van der Waals surface area contributed by atoms with E-state index in [0.29, 0.717) is 11.9 Å². The van der Waals surface area contributed by atoms with Crippen molar-refractivity contribution in [2.75, 3.05) is 29.0 Å². The summed E-state index contributed by atoms with van der Waals surface area (Å²) in [6.45, 7) is 9.75. The Hall–Kier alpha value is -1.96. The van der Waals surface area contributed by atoms with Gasteiger partial charge in [-0.25, -0.2) is 4.98 Å². The molecule has 2 heterocycles. The van der Waals surface area contributed by atoms with Crippen LogP contribution in [0.15, 0.2) is 5.38 Å². The molecule has 2 rings (SSSR count). The van der Waals surface area contributed by atoms with Gasteiger partial charge in [-0.3, -0.25) is 0 Å². The molecule has 0 aliphatic rings. The van der Waals surface area contributed by atoms with Crippen LogP contribution in [-0.2, 0) is 0 Å². The molecular formula is C13H21N7S. The highest BCUT2D eigenvalue weighted by Gasteiger charge is 2.14. The zero-order chi connectivity index (χ0) is 15.4. The van der Waals surface area contributed by atoms with E-state index in [9.17, 15) is 0 Å². The average molecular weight is 307 g/mol. The molecule has 1 unspecified atom stereocenters. The van der Waals surface area contributed by atoms with Crippen LogP contribution in [0.25, 0.3) is 0 Å². The van der Waals surface area contributed by atoms with E-state index in [-0.39, 0.29) is 12.0 Å². The van der Waals surface area contributed by atoms with E-state index in [4.69, 9.17) is 5.73 Å². The Morgan fingerprint density at radius 3 is 2.52 bits per heavy atom. The molecule has 0 fully saturated rings. The van der Waals surface area contributed by atoms with Gasteiger partial charge in [-0.2, -0.15) is 15.0 Å². The number of hydrogen-bond acceptors (Lipinski definition) is 8.